The van der Waals surface area contributed by atoms with Crippen molar-refractivity contribution in [2.45, 2.75) is 30.6 Å². The van der Waals surface area contributed by atoms with Crippen molar-refractivity contribution in [3.8, 4) is 0 Å². The number of carbonyl (C=O) groups is 2. The molecule has 1 atom stereocenters. The molecule has 1 unspecified atom stereocenters. The van der Waals surface area contributed by atoms with Gasteiger partial charge in [-0.3, -0.25) is 9.78 Å². The first-order valence-corrected chi connectivity index (χ1v) is 8.86. The van der Waals surface area contributed by atoms with Crippen LogP contribution in [0.4, 0.5) is 0 Å². The predicted octanol–water partition coefficient (Wildman–Crippen LogP) is 1.62. The van der Waals surface area contributed by atoms with Crippen molar-refractivity contribution in [3.63, 3.8) is 0 Å². The van der Waals surface area contributed by atoms with Gasteiger partial charge in [0.05, 0.1) is 16.9 Å². The van der Waals surface area contributed by atoms with Gasteiger partial charge >= 0.3 is 5.97 Å². The summed E-state index contributed by atoms with van der Waals surface area (Å²) in [6.45, 7) is 3.28. The highest BCUT2D eigenvalue weighted by atomic mass is 32.2. The molecule has 0 spiro atoms. The fraction of sp³-hybridized carbons (Fsp3) is 0.562. The van der Waals surface area contributed by atoms with E-state index < -0.39 is 22.7 Å². The molecule has 1 fully saturated rings. The van der Waals surface area contributed by atoms with Crippen molar-refractivity contribution < 1.29 is 14.3 Å². The molecule has 0 aliphatic carbocycles. The lowest BCUT2D eigenvalue weighted by Gasteiger charge is -2.42. The van der Waals surface area contributed by atoms with E-state index in [4.69, 9.17) is 4.74 Å². The van der Waals surface area contributed by atoms with Crippen molar-refractivity contribution in [1.29, 1.82) is 0 Å². The van der Waals surface area contributed by atoms with Crippen LogP contribution in [0.2, 0.25) is 0 Å². The lowest BCUT2D eigenvalue weighted by Crippen LogP contribution is -2.59. The van der Waals surface area contributed by atoms with Crippen molar-refractivity contribution >= 4 is 23.8 Å². The predicted molar refractivity (Wildman–Crippen MR) is 95.0 cm³/mol. The van der Waals surface area contributed by atoms with Gasteiger partial charge in [0.25, 0.3) is 5.91 Å². The van der Waals surface area contributed by atoms with Crippen molar-refractivity contribution in [2.24, 2.45) is 4.58 Å². The summed E-state index contributed by atoms with van der Waals surface area (Å²) in [5.74, 6) is -0.989. The molecule has 9 heteroatoms. The number of aromatic nitrogens is 1. The molecule has 2 heterocycles. The van der Waals surface area contributed by atoms with Gasteiger partial charge in [0.2, 0.25) is 0 Å². The maximum atomic E-state index is 12.5. The van der Waals surface area contributed by atoms with Gasteiger partial charge in [-0.05, 0) is 52.0 Å². The molecule has 1 saturated heterocycles. The highest BCUT2D eigenvalue weighted by Crippen LogP contribution is 2.40. The van der Waals surface area contributed by atoms with Crippen molar-refractivity contribution in [3.05, 3.63) is 35.0 Å². The average molecular weight is 366 g/mol. The zero-order valence-corrected chi connectivity index (χ0v) is 15.1. The van der Waals surface area contributed by atoms with Gasteiger partial charge in [0.15, 0.2) is 0 Å². The minimum atomic E-state index is -0.962. The summed E-state index contributed by atoms with van der Waals surface area (Å²) in [6, 6.07) is 2.29. The summed E-state index contributed by atoms with van der Waals surface area (Å²) in [5.41, 5.74) is 0.337. The number of nitroso groups, excluding NO2 is 1. The molecule has 1 amide bonds. The van der Waals surface area contributed by atoms with E-state index in [-0.39, 0.29) is 6.61 Å². The van der Waals surface area contributed by atoms with E-state index in [0.717, 1.165) is 11.9 Å². The first-order valence-electron chi connectivity index (χ1n) is 8.09. The van der Waals surface area contributed by atoms with Crippen molar-refractivity contribution in [2.75, 3.05) is 26.7 Å². The third-order valence-corrected chi connectivity index (χ3v) is 5.38. The standard InChI is InChI=1S/C16H22N4O4S/c1-3-24-15(22)13(18-14(21)12-5-4-8-17-11-12)16(25-19-23)6-9-20(2)10-7-16/h4-5,8,11,13H,3,6-7,9-10H2,1-2H3,(H,18,21). The molecule has 1 N–H and O–H groups in total. The fourth-order valence-electron chi connectivity index (χ4n) is 2.85. The van der Waals surface area contributed by atoms with Gasteiger partial charge in [-0.25, -0.2) is 4.79 Å². The molecule has 0 radical (unpaired) electrons. The molecular formula is C16H22N4O4S. The number of pyridine rings is 1. The molecule has 0 saturated carbocycles. The highest BCUT2D eigenvalue weighted by Gasteiger charge is 2.48. The number of esters is 1. The van der Waals surface area contributed by atoms with Crippen LogP contribution in [0.3, 0.4) is 0 Å². The summed E-state index contributed by atoms with van der Waals surface area (Å²) in [4.78, 5) is 42.1. The third kappa shape index (κ3) is 4.76. The normalized spacial score (nSPS) is 18.2. The number of nitrogens with one attached hydrogen (secondary N) is 1. The third-order valence-electron chi connectivity index (χ3n) is 4.30. The Bertz CT molecular complexity index is 605. The van der Waals surface area contributed by atoms with Gasteiger partial charge in [0.1, 0.15) is 6.04 Å². The number of ether oxygens (including phenoxy) is 1. The quantitative estimate of drug-likeness (QED) is 0.444. The molecule has 136 valence electrons. The van der Waals surface area contributed by atoms with Crippen LogP contribution in [0.25, 0.3) is 0 Å². The Labute approximate surface area is 150 Å². The molecule has 8 nitrogen and oxygen atoms in total. The van der Waals surface area contributed by atoms with Crippen LogP contribution in [0.15, 0.2) is 29.1 Å². The number of piperidine rings is 1. The summed E-state index contributed by atoms with van der Waals surface area (Å²) >= 11 is 0.813. The fourth-order valence-corrected chi connectivity index (χ4v) is 3.62. The Morgan fingerprint density at radius 3 is 2.76 bits per heavy atom. The van der Waals surface area contributed by atoms with Crippen LogP contribution in [0.1, 0.15) is 30.1 Å². The minimum Gasteiger partial charge on any atom is -0.464 e. The topological polar surface area (TPSA) is 101 Å². The molecule has 25 heavy (non-hydrogen) atoms. The second kappa shape index (κ2) is 8.91. The number of carbonyl (C=O) groups excluding carboxylic acids is 2. The highest BCUT2D eigenvalue weighted by molar-refractivity contribution is 7.99. The Balaban J connectivity index is 2.28. The number of nitrogens with zero attached hydrogens (tertiary/aromatic N) is 3. The van der Waals surface area contributed by atoms with Crippen LogP contribution in [-0.2, 0) is 9.53 Å². The molecule has 1 aromatic heterocycles. The van der Waals surface area contributed by atoms with Gasteiger partial charge in [-0.1, -0.05) is 0 Å². The Morgan fingerprint density at radius 1 is 1.48 bits per heavy atom. The van der Waals surface area contributed by atoms with E-state index in [2.05, 4.69) is 19.8 Å². The van der Waals surface area contributed by atoms with Gasteiger partial charge in [-0.15, -0.1) is 4.91 Å². The Kier molecular flexibility index (Phi) is 6.89. The molecule has 0 bridgehead atoms. The van der Waals surface area contributed by atoms with Crippen LogP contribution in [0.5, 0.6) is 0 Å². The van der Waals surface area contributed by atoms with Crippen LogP contribution >= 0.6 is 11.9 Å². The van der Waals surface area contributed by atoms with E-state index in [1.807, 2.05) is 7.05 Å². The number of hydrogen-bond acceptors (Lipinski definition) is 8. The summed E-state index contributed by atoms with van der Waals surface area (Å²) in [7, 11) is 1.97. The summed E-state index contributed by atoms with van der Waals surface area (Å²) in [6.07, 6.45) is 4.06. The zero-order chi connectivity index (χ0) is 18.3. The first kappa shape index (κ1) is 19.3. The lowest BCUT2D eigenvalue weighted by atomic mass is 9.88. The maximum absolute atomic E-state index is 12.5. The van der Waals surface area contributed by atoms with E-state index in [0.29, 0.717) is 31.5 Å². The SMILES string of the molecule is CCOC(=O)C(NC(=O)c1cccnc1)C1(SN=O)CCN(C)CC1. The number of rotatable bonds is 7. The van der Waals surface area contributed by atoms with E-state index in [1.165, 1.54) is 6.20 Å². The Hall–Kier alpha value is -2.00. The first-order chi connectivity index (χ1) is 12.0. The summed E-state index contributed by atoms with van der Waals surface area (Å²) < 4.78 is 7.31. The zero-order valence-electron chi connectivity index (χ0n) is 14.3. The van der Waals surface area contributed by atoms with Crippen LogP contribution < -0.4 is 5.32 Å². The molecule has 0 aromatic carbocycles. The number of likely N-dealkylation sites (tertiary alicyclic amines) is 1. The van der Waals surface area contributed by atoms with Gasteiger partial charge in [-0.2, -0.15) is 0 Å². The monoisotopic (exact) mass is 366 g/mol. The Morgan fingerprint density at radius 2 is 2.20 bits per heavy atom. The van der Waals surface area contributed by atoms with E-state index in [9.17, 15) is 14.5 Å². The molecular weight excluding hydrogens is 344 g/mol. The number of hydrogen-bond donors (Lipinski definition) is 1. The average Bonchev–Trinajstić information content (AvgIpc) is 2.63. The molecule has 1 aromatic rings. The second-order valence-electron chi connectivity index (χ2n) is 5.93. The largest absolute Gasteiger partial charge is 0.464 e. The molecule has 1 aliphatic heterocycles. The molecule has 1 aliphatic rings. The smallest absolute Gasteiger partial charge is 0.330 e. The van der Waals surface area contributed by atoms with Crippen LogP contribution in [0, 0.1) is 4.91 Å². The minimum absolute atomic E-state index is 0.188. The summed E-state index contributed by atoms with van der Waals surface area (Å²) in [5, 5.41) is 2.74. The van der Waals surface area contributed by atoms with E-state index >= 15 is 0 Å². The second-order valence-corrected chi connectivity index (χ2v) is 7.08. The number of amides is 1. The maximum Gasteiger partial charge on any atom is 0.330 e. The van der Waals surface area contributed by atoms with Crippen LogP contribution in [-0.4, -0.2) is 59.3 Å². The van der Waals surface area contributed by atoms with E-state index in [1.54, 1.807) is 25.3 Å². The van der Waals surface area contributed by atoms with Gasteiger partial charge < -0.3 is 15.0 Å². The lowest BCUT2D eigenvalue weighted by molar-refractivity contribution is -0.146. The van der Waals surface area contributed by atoms with Gasteiger partial charge in [0, 0.05) is 28.9 Å². The molecule has 2 rings (SSSR count). The van der Waals surface area contributed by atoms with Crippen molar-refractivity contribution in [1.82, 2.24) is 15.2 Å².